The van der Waals surface area contributed by atoms with E-state index in [-0.39, 0.29) is 11.3 Å². The molecule has 7 heteroatoms. The monoisotopic (exact) mass is 434 g/mol. The molecule has 0 atom stereocenters. The minimum absolute atomic E-state index is 0.0294. The molecule has 1 aromatic heterocycles. The van der Waals surface area contributed by atoms with E-state index in [9.17, 15) is 19.1 Å². The smallest absolute Gasteiger partial charge is 0.331 e. The molecule has 0 aliphatic carbocycles. The van der Waals surface area contributed by atoms with E-state index in [0.717, 1.165) is 17.7 Å². The Hall–Kier alpha value is -3.97. The van der Waals surface area contributed by atoms with E-state index in [1.165, 1.54) is 35.6 Å². The van der Waals surface area contributed by atoms with Crippen molar-refractivity contribution < 1.29 is 28.9 Å². The van der Waals surface area contributed by atoms with Crippen molar-refractivity contribution in [3.8, 4) is 22.6 Å². The number of benzene rings is 3. The van der Waals surface area contributed by atoms with Gasteiger partial charge in [0, 0.05) is 15.6 Å². The highest BCUT2D eigenvalue weighted by Gasteiger charge is 2.23. The molecule has 0 fully saturated rings. The minimum Gasteiger partial charge on any atom is -0.508 e. The highest BCUT2D eigenvalue weighted by atomic mass is 32.1. The van der Waals surface area contributed by atoms with Gasteiger partial charge in [-0.05, 0) is 48.0 Å². The Kier molecular flexibility index (Phi) is 5.51. The van der Waals surface area contributed by atoms with Gasteiger partial charge in [0.15, 0.2) is 0 Å². The lowest BCUT2D eigenvalue weighted by molar-refractivity contribution is -0.131. The van der Waals surface area contributed by atoms with Gasteiger partial charge < -0.3 is 14.9 Å². The van der Waals surface area contributed by atoms with Gasteiger partial charge in [-0.25, -0.2) is 9.18 Å². The fourth-order valence-corrected chi connectivity index (χ4v) is 4.38. The van der Waals surface area contributed by atoms with Gasteiger partial charge in [-0.15, -0.1) is 11.3 Å². The lowest BCUT2D eigenvalue weighted by Gasteiger charge is -2.07. The molecule has 154 valence electrons. The van der Waals surface area contributed by atoms with Gasteiger partial charge in [0.1, 0.15) is 17.3 Å². The Morgan fingerprint density at radius 1 is 1.00 bits per heavy atom. The summed E-state index contributed by atoms with van der Waals surface area (Å²) in [6.07, 6.45) is 1.94. The van der Waals surface area contributed by atoms with Crippen molar-refractivity contribution in [1.82, 2.24) is 0 Å². The van der Waals surface area contributed by atoms with Gasteiger partial charge in [-0.1, -0.05) is 24.3 Å². The first-order valence-electron chi connectivity index (χ1n) is 9.15. The first-order valence-corrected chi connectivity index (χ1v) is 9.97. The summed E-state index contributed by atoms with van der Waals surface area (Å²) in [6.45, 7) is 0. The Morgan fingerprint density at radius 2 is 1.74 bits per heavy atom. The molecular weight excluding hydrogens is 419 g/mol. The second-order valence-corrected chi connectivity index (χ2v) is 7.63. The third-order valence-electron chi connectivity index (χ3n) is 4.56. The van der Waals surface area contributed by atoms with Crippen LogP contribution in [0.2, 0.25) is 0 Å². The Balaban J connectivity index is 1.81. The summed E-state index contributed by atoms with van der Waals surface area (Å²) >= 11 is 1.18. The third kappa shape index (κ3) is 4.17. The summed E-state index contributed by atoms with van der Waals surface area (Å²) in [5.41, 5.74) is 1.30. The molecule has 4 rings (SSSR count). The van der Waals surface area contributed by atoms with E-state index in [2.05, 4.69) is 0 Å². The summed E-state index contributed by atoms with van der Waals surface area (Å²) in [7, 11) is 0. The number of phenolic OH excluding ortho intramolecular Hbond substituents is 1. The molecule has 0 amide bonds. The molecule has 3 aromatic carbocycles. The van der Waals surface area contributed by atoms with Crippen molar-refractivity contribution >= 4 is 33.2 Å². The largest absolute Gasteiger partial charge is 0.508 e. The van der Waals surface area contributed by atoms with Crippen molar-refractivity contribution in [2.45, 2.75) is 0 Å². The number of ketones is 1. The summed E-state index contributed by atoms with van der Waals surface area (Å²) in [5, 5.41) is 19.2. The number of carboxylic acids is 1. The fourth-order valence-electron chi connectivity index (χ4n) is 3.17. The Labute approximate surface area is 180 Å². The molecule has 0 spiro atoms. The normalized spacial score (nSPS) is 11.1. The average molecular weight is 434 g/mol. The van der Waals surface area contributed by atoms with Crippen LogP contribution in [-0.4, -0.2) is 22.0 Å². The Bertz CT molecular complexity index is 1320. The first kappa shape index (κ1) is 20.3. The Morgan fingerprint density at radius 3 is 2.45 bits per heavy atom. The number of hydrogen-bond acceptors (Lipinski definition) is 5. The number of aliphatic carboxylic acids is 1. The summed E-state index contributed by atoms with van der Waals surface area (Å²) in [5.74, 6) is -1.69. The number of hydrogen-bond donors (Lipinski definition) is 2. The fraction of sp³-hybridized carbons (Fsp3) is 0. The third-order valence-corrected chi connectivity index (χ3v) is 5.71. The molecule has 0 aliphatic heterocycles. The van der Waals surface area contributed by atoms with Crippen molar-refractivity contribution in [2.24, 2.45) is 0 Å². The van der Waals surface area contributed by atoms with Crippen molar-refractivity contribution in [1.29, 1.82) is 0 Å². The van der Waals surface area contributed by atoms with E-state index >= 15 is 0 Å². The molecule has 31 heavy (non-hydrogen) atoms. The maximum absolute atomic E-state index is 14.3. The summed E-state index contributed by atoms with van der Waals surface area (Å²) < 4.78 is 20.2. The van der Waals surface area contributed by atoms with Gasteiger partial charge in [0.25, 0.3) is 0 Å². The van der Waals surface area contributed by atoms with Crippen LogP contribution in [0.1, 0.15) is 15.2 Å². The number of aromatic hydroxyl groups is 1. The molecule has 0 aliphatic rings. The summed E-state index contributed by atoms with van der Waals surface area (Å²) in [6, 6.07) is 17.4. The van der Waals surface area contributed by atoms with Crippen LogP contribution in [0.4, 0.5) is 4.39 Å². The standard InChI is InChI=1S/C24H15FO5S/c25-19-4-2-1-3-17(19)23(29)24-22(18-10-7-15(26)13-20(18)31-24)14-5-8-16(9-6-14)30-12-11-21(27)28/h1-13,26H,(H,27,28)/b12-11+. The molecule has 0 saturated carbocycles. The number of carbonyl (C=O) groups excluding carboxylic acids is 1. The van der Waals surface area contributed by atoms with Crippen molar-refractivity contribution in [3.63, 3.8) is 0 Å². The number of carbonyl (C=O) groups is 2. The van der Waals surface area contributed by atoms with E-state index in [4.69, 9.17) is 9.84 Å². The predicted octanol–water partition coefficient (Wildman–Crippen LogP) is 5.62. The van der Waals surface area contributed by atoms with Gasteiger partial charge in [-0.3, -0.25) is 4.79 Å². The van der Waals surface area contributed by atoms with Crippen molar-refractivity contribution in [2.75, 3.05) is 0 Å². The molecular formula is C24H15FO5S. The number of carboxylic acid groups (broad SMARTS) is 1. The lowest BCUT2D eigenvalue weighted by atomic mass is 9.98. The van der Waals surface area contributed by atoms with Gasteiger partial charge in [-0.2, -0.15) is 0 Å². The maximum atomic E-state index is 14.3. The first-order chi connectivity index (χ1) is 14.9. The van der Waals surface area contributed by atoms with Crippen LogP contribution in [0.15, 0.2) is 79.1 Å². The quantitative estimate of drug-likeness (QED) is 0.234. The highest BCUT2D eigenvalue weighted by Crippen LogP contribution is 2.41. The van der Waals surface area contributed by atoms with Crippen LogP contribution in [0.3, 0.4) is 0 Å². The van der Waals surface area contributed by atoms with Crippen LogP contribution in [0, 0.1) is 5.82 Å². The zero-order valence-electron chi connectivity index (χ0n) is 15.9. The molecule has 0 unspecified atom stereocenters. The molecule has 5 nitrogen and oxygen atoms in total. The van der Waals surface area contributed by atoms with Gasteiger partial charge in [0.2, 0.25) is 5.78 Å². The highest BCUT2D eigenvalue weighted by molar-refractivity contribution is 7.21. The number of ether oxygens (including phenoxy) is 1. The van der Waals surface area contributed by atoms with E-state index in [1.54, 1.807) is 42.5 Å². The van der Waals surface area contributed by atoms with E-state index < -0.39 is 17.6 Å². The molecule has 1 heterocycles. The zero-order chi connectivity index (χ0) is 22.0. The topological polar surface area (TPSA) is 83.8 Å². The second-order valence-electron chi connectivity index (χ2n) is 6.58. The molecule has 0 saturated heterocycles. The number of phenols is 1. The molecule has 2 N–H and O–H groups in total. The number of thiophene rings is 1. The minimum atomic E-state index is -1.12. The molecule has 4 aromatic rings. The van der Waals surface area contributed by atoms with Crippen LogP contribution in [-0.2, 0) is 4.79 Å². The molecule has 0 radical (unpaired) electrons. The second kappa shape index (κ2) is 8.41. The van der Waals surface area contributed by atoms with Gasteiger partial charge >= 0.3 is 5.97 Å². The van der Waals surface area contributed by atoms with Crippen molar-refractivity contribution in [3.05, 3.63) is 95.3 Å². The predicted molar refractivity (Wildman–Crippen MR) is 116 cm³/mol. The number of halogens is 1. The van der Waals surface area contributed by atoms with Crippen LogP contribution in [0.25, 0.3) is 21.2 Å². The van der Waals surface area contributed by atoms with E-state index in [0.29, 0.717) is 26.5 Å². The lowest BCUT2D eigenvalue weighted by Crippen LogP contribution is -2.03. The maximum Gasteiger partial charge on any atom is 0.331 e. The summed E-state index contributed by atoms with van der Waals surface area (Å²) in [4.78, 5) is 24.1. The van der Waals surface area contributed by atoms with Gasteiger partial charge in [0.05, 0.1) is 22.8 Å². The SMILES string of the molecule is O=C(O)/C=C/Oc1ccc(-c2c(C(=O)c3ccccc3F)sc3cc(O)ccc23)cc1. The zero-order valence-corrected chi connectivity index (χ0v) is 16.7. The van der Waals surface area contributed by atoms with Crippen LogP contribution in [0.5, 0.6) is 11.5 Å². The number of rotatable bonds is 6. The number of fused-ring (bicyclic) bond motifs is 1. The van der Waals surface area contributed by atoms with Crippen LogP contribution < -0.4 is 4.74 Å². The van der Waals surface area contributed by atoms with Crippen LogP contribution >= 0.6 is 11.3 Å². The molecule has 0 bridgehead atoms. The average Bonchev–Trinajstić information content (AvgIpc) is 3.12. The van der Waals surface area contributed by atoms with E-state index in [1.807, 2.05) is 0 Å².